The van der Waals surface area contributed by atoms with Crippen LogP contribution in [-0.2, 0) is 24.4 Å². The van der Waals surface area contributed by atoms with Gasteiger partial charge in [-0.1, -0.05) is 29.3 Å². The Bertz CT molecular complexity index is 3570. The number of rotatable bonds is 4. The van der Waals surface area contributed by atoms with Gasteiger partial charge < -0.3 is 0 Å². The third kappa shape index (κ3) is 4.22. The summed E-state index contributed by atoms with van der Waals surface area (Å²) in [5, 5.41) is 28.9. The molecule has 4 heterocycles. The predicted molar refractivity (Wildman–Crippen MR) is 200 cm³/mol. The Morgan fingerprint density at radius 2 is 1.02 bits per heavy atom. The zero-order valence-corrected chi connectivity index (χ0v) is 28.5. The topological polar surface area (TPSA) is 191 Å². The third-order valence-electron chi connectivity index (χ3n) is 9.96. The number of hydrogen-bond donors (Lipinski definition) is 3. The molecule has 260 valence electrons. The molecule has 14 nitrogen and oxygen atoms in total. The molecule has 0 saturated carbocycles. The smallest absolute Gasteiger partial charge is 0.282 e. The van der Waals surface area contributed by atoms with Crippen molar-refractivity contribution in [2.45, 2.75) is 9.79 Å². The molecule has 0 radical (unpaired) electrons. The molecule has 0 aliphatic carbocycles. The van der Waals surface area contributed by atoms with E-state index in [2.05, 4.69) is 14.3 Å². The van der Waals surface area contributed by atoms with Crippen molar-refractivity contribution in [1.82, 2.24) is 18.8 Å². The van der Waals surface area contributed by atoms with Gasteiger partial charge in [0.25, 0.3) is 21.2 Å². The standard InChI is InChI=1S/C36H16N4O8S2.CH4O2/c41-35-23-9-5-19-18-4-8-22-32-24(36(42)40-28-14-16(50(44,45)46)2-12-26(28)38-34(22)40)10-6-20(30(18)32)17-3-7-21(31(23)29(17)19)33-37-25-11-1-15(49-48-47-43)13-27(25)39(33)35;1-3-2/h1-14,43H,(H,44,45,46);2H,1H3. The minimum Gasteiger partial charge on any atom is -0.282 e. The summed E-state index contributed by atoms with van der Waals surface area (Å²) in [6.07, 6.45) is 0. The highest BCUT2D eigenvalue weighted by molar-refractivity contribution is 7.94. The number of hydrogen-bond acceptors (Lipinski definition) is 12. The van der Waals surface area contributed by atoms with Gasteiger partial charge in [0.15, 0.2) is 0 Å². The lowest BCUT2D eigenvalue weighted by Crippen LogP contribution is -2.14. The largest absolute Gasteiger partial charge is 0.294 e. The van der Waals surface area contributed by atoms with Crippen LogP contribution in [0.4, 0.5) is 0 Å². The van der Waals surface area contributed by atoms with Crippen molar-refractivity contribution in [2.75, 3.05) is 7.11 Å². The van der Waals surface area contributed by atoms with Gasteiger partial charge >= 0.3 is 0 Å². The van der Waals surface area contributed by atoms with Gasteiger partial charge in [-0.3, -0.25) is 28.2 Å². The highest BCUT2D eigenvalue weighted by Crippen LogP contribution is 2.46. The monoisotopic (exact) mass is 744 g/mol. The first-order chi connectivity index (χ1) is 25.6. The zero-order chi connectivity index (χ0) is 36.5. The van der Waals surface area contributed by atoms with Crippen molar-refractivity contribution < 1.29 is 37.7 Å². The number of fused-ring (bicyclic) bond motifs is 10. The van der Waals surface area contributed by atoms with E-state index in [9.17, 15) is 22.6 Å². The SMILES string of the molecule is COO.O=c1c2ccc3c4ccc5c6c(ccc(c7ccc(c2c73)c2nc3ccc(SOOO)cc3n12)c46)c(=O)n1c2cc(S(=O)(=O)O)ccc2nc51. The van der Waals surface area contributed by atoms with Crippen LogP contribution >= 0.6 is 12.0 Å². The van der Waals surface area contributed by atoms with Crippen LogP contribution in [0.1, 0.15) is 0 Å². The average Bonchev–Trinajstić information content (AvgIpc) is 3.73. The van der Waals surface area contributed by atoms with Crippen LogP contribution in [0, 0.1) is 0 Å². The number of nitrogens with zero attached hydrogens (tertiary/aromatic N) is 4. The zero-order valence-electron chi connectivity index (χ0n) is 26.9. The average molecular weight is 745 g/mol. The predicted octanol–water partition coefficient (Wildman–Crippen LogP) is 7.02. The van der Waals surface area contributed by atoms with Gasteiger partial charge in [0.2, 0.25) is 0 Å². The summed E-state index contributed by atoms with van der Waals surface area (Å²) >= 11 is 0.801. The molecule has 0 fully saturated rings. The molecule has 0 aliphatic rings. The summed E-state index contributed by atoms with van der Waals surface area (Å²) in [5.74, 6) is 0. The fourth-order valence-electron chi connectivity index (χ4n) is 8.01. The summed E-state index contributed by atoms with van der Waals surface area (Å²) in [4.78, 5) is 41.5. The third-order valence-corrected chi connectivity index (χ3v) is 11.4. The Kier molecular flexibility index (Phi) is 6.67. The van der Waals surface area contributed by atoms with E-state index in [1.807, 2.05) is 42.5 Å². The van der Waals surface area contributed by atoms with E-state index >= 15 is 0 Å². The Labute approximate surface area is 298 Å². The van der Waals surface area contributed by atoms with Crippen molar-refractivity contribution in [1.29, 1.82) is 0 Å². The molecule has 0 atom stereocenters. The van der Waals surface area contributed by atoms with Crippen LogP contribution in [0.3, 0.4) is 0 Å². The van der Waals surface area contributed by atoms with E-state index in [1.165, 1.54) is 29.7 Å². The molecule has 3 N–H and O–H groups in total. The van der Waals surface area contributed by atoms with Crippen LogP contribution in [0.2, 0.25) is 0 Å². The second-order valence-corrected chi connectivity index (χ2v) is 14.7. The first-order valence-corrected chi connectivity index (χ1v) is 18.0. The molecule has 0 spiro atoms. The van der Waals surface area contributed by atoms with Crippen molar-refractivity contribution in [3.05, 3.63) is 106 Å². The number of imidazole rings is 2. The first kappa shape index (κ1) is 31.9. The molecule has 0 amide bonds. The molecule has 53 heavy (non-hydrogen) atoms. The molecule has 0 unspecified atom stereocenters. The molecule has 11 rings (SSSR count). The van der Waals surface area contributed by atoms with E-state index in [4.69, 9.17) is 20.5 Å². The van der Waals surface area contributed by atoms with Gasteiger partial charge in [-0.25, -0.2) is 20.1 Å². The molecule has 11 aromatic rings. The van der Waals surface area contributed by atoms with Crippen molar-refractivity contribution in [3.63, 3.8) is 0 Å². The van der Waals surface area contributed by atoms with Gasteiger partial charge in [-0.15, -0.1) is 4.33 Å². The summed E-state index contributed by atoms with van der Waals surface area (Å²) < 4.78 is 41.1. The fourth-order valence-corrected chi connectivity index (χ4v) is 8.90. The highest BCUT2D eigenvalue weighted by Gasteiger charge is 2.24. The molecule has 16 heteroatoms. The Morgan fingerprint density at radius 1 is 0.604 bits per heavy atom. The van der Waals surface area contributed by atoms with Crippen LogP contribution < -0.4 is 11.1 Å². The molecule has 0 saturated heterocycles. The summed E-state index contributed by atoms with van der Waals surface area (Å²) in [5.41, 5.74) is 2.22. The molecule has 7 aromatic carbocycles. The van der Waals surface area contributed by atoms with E-state index in [1.54, 1.807) is 28.7 Å². The lowest BCUT2D eigenvalue weighted by Gasteiger charge is -2.18. The second kappa shape index (κ2) is 11.1. The van der Waals surface area contributed by atoms with Gasteiger partial charge in [-0.2, -0.15) is 8.42 Å². The number of benzene rings is 7. The normalized spacial score (nSPS) is 12.8. The first-order valence-electron chi connectivity index (χ1n) is 15.8. The maximum atomic E-state index is 14.2. The van der Waals surface area contributed by atoms with Crippen LogP contribution in [0.15, 0.2) is 104 Å². The minimum atomic E-state index is -4.50. The summed E-state index contributed by atoms with van der Waals surface area (Å²) in [6, 6.07) is 24.7. The molecular formula is C37H20N4O10S2. The van der Waals surface area contributed by atoms with Gasteiger partial charge in [-0.05, 0) is 93.0 Å². The van der Waals surface area contributed by atoms with Crippen LogP contribution in [-0.4, -0.2) is 49.4 Å². The minimum absolute atomic E-state index is 0.224. The fraction of sp³-hybridized carbons (Fsp3) is 0.0270. The Morgan fingerprint density at radius 3 is 1.49 bits per heavy atom. The Hall–Kier alpha value is -5.82. The maximum absolute atomic E-state index is 14.2. The van der Waals surface area contributed by atoms with E-state index < -0.39 is 10.1 Å². The molecular weight excluding hydrogens is 725 g/mol. The van der Waals surface area contributed by atoms with E-state index in [0.29, 0.717) is 43.5 Å². The lowest BCUT2D eigenvalue weighted by atomic mass is 9.86. The van der Waals surface area contributed by atoms with Gasteiger partial charge in [0.1, 0.15) is 11.3 Å². The summed E-state index contributed by atoms with van der Waals surface area (Å²) in [7, 11) is -3.32. The van der Waals surface area contributed by atoms with E-state index in [-0.39, 0.29) is 21.5 Å². The number of pyridine rings is 2. The Balaban J connectivity index is 0.00000113. The molecule has 4 aromatic heterocycles. The van der Waals surface area contributed by atoms with Crippen LogP contribution in [0.25, 0.3) is 98.0 Å². The van der Waals surface area contributed by atoms with E-state index in [0.717, 1.165) is 65.9 Å². The van der Waals surface area contributed by atoms with Gasteiger partial charge in [0.05, 0.1) is 46.1 Å². The van der Waals surface area contributed by atoms with Crippen molar-refractivity contribution >= 4 is 120 Å². The van der Waals surface area contributed by atoms with Crippen molar-refractivity contribution in [2.24, 2.45) is 0 Å². The highest BCUT2D eigenvalue weighted by atomic mass is 32.2. The maximum Gasteiger partial charge on any atom is 0.294 e. The quantitative estimate of drug-likeness (QED) is 0.0416. The molecule has 0 aliphatic heterocycles. The van der Waals surface area contributed by atoms with Gasteiger partial charge in [0, 0.05) is 37.2 Å². The lowest BCUT2D eigenvalue weighted by molar-refractivity contribution is -0.432. The molecule has 0 bridgehead atoms. The summed E-state index contributed by atoms with van der Waals surface area (Å²) in [6.45, 7) is 0. The second-order valence-electron chi connectivity index (χ2n) is 12.5. The van der Waals surface area contributed by atoms with Crippen molar-refractivity contribution in [3.8, 4) is 0 Å². The number of aromatic nitrogens is 4. The van der Waals surface area contributed by atoms with Crippen LogP contribution in [0.5, 0.6) is 0 Å².